The van der Waals surface area contributed by atoms with Crippen LogP contribution in [0.3, 0.4) is 0 Å². The van der Waals surface area contributed by atoms with Gasteiger partial charge < -0.3 is 21.3 Å². The highest BCUT2D eigenvalue weighted by Crippen LogP contribution is 2.39. The number of nitrogens with zero attached hydrogens (tertiary/aromatic N) is 1. The standard InChI is InChI=1S/C29H32N4O3S/c1-18-8-10-19(11-9-18)26-17-27(34)31-24-15-20(29(36)32-23-7-3-2-6-22(23)30)12-13-25(24)33(26)28(35)16-21-5-4-14-37-21/h4-5,8-15,22-23,26H,2-3,6-7,16-17,30H2,1H3,(H,31,34)(H,32,36). The van der Waals surface area contributed by atoms with E-state index < -0.39 is 6.04 Å². The van der Waals surface area contributed by atoms with Crippen LogP contribution in [0.2, 0.25) is 0 Å². The summed E-state index contributed by atoms with van der Waals surface area (Å²) in [4.78, 5) is 42.6. The summed E-state index contributed by atoms with van der Waals surface area (Å²) >= 11 is 1.53. The number of hydrogen-bond acceptors (Lipinski definition) is 5. The number of thiophene rings is 1. The van der Waals surface area contributed by atoms with Crippen molar-refractivity contribution in [3.63, 3.8) is 0 Å². The van der Waals surface area contributed by atoms with Gasteiger partial charge >= 0.3 is 0 Å². The Hall–Kier alpha value is -3.49. The summed E-state index contributed by atoms with van der Waals surface area (Å²) in [5.41, 5.74) is 9.69. The maximum atomic E-state index is 13.8. The molecule has 3 atom stereocenters. The summed E-state index contributed by atoms with van der Waals surface area (Å²) in [6.07, 6.45) is 4.23. The fourth-order valence-electron chi connectivity index (χ4n) is 5.23. The molecule has 0 saturated heterocycles. The lowest BCUT2D eigenvalue weighted by molar-refractivity contribution is -0.119. The van der Waals surface area contributed by atoms with Crippen LogP contribution in [0.4, 0.5) is 11.4 Å². The lowest BCUT2D eigenvalue weighted by Crippen LogP contribution is -2.49. The zero-order valence-corrected chi connectivity index (χ0v) is 21.7. The number of carbonyl (C=O) groups is 3. The Balaban J connectivity index is 1.50. The second kappa shape index (κ2) is 10.9. The Morgan fingerprint density at radius 2 is 1.89 bits per heavy atom. The van der Waals surface area contributed by atoms with Gasteiger partial charge in [0.2, 0.25) is 11.8 Å². The van der Waals surface area contributed by atoms with Crippen LogP contribution >= 0.6 is 11.3 Å². The van der Waals surface area contributed by atoms with Crippen molar-refractivity contribution in [2.45, 2.75) is 63.6 Å². The number of anilines is 2. The first-order valence-electron chi connectivity index (χ1n) is 12.8. The van der Waals surface area contributed by atoms with Gasteiger partial charge in [-0.05, 0) is 55.0 Å². The van der Waals surface area contributed by atoms with E-state index in [9.17, 15) is 14.4 Å². The average molecular weight is 517 g/mol. The van der Waals surface area contributed by atoms with Crippen LogP contribution in [0.15, 0.2) is 60.0 Å². The molecular formula is C29H32N4O3S. The summed E-state index contributed by atoms with van der Waals surface area (Å²) < 4.78 is 0. The third kappa shape index (κ3) is 5.60. The van der Waals surface area contributed by atoms with E-state index >= 15 is 0 Å². The number of fused-ring (bicyclic) bond motifs is 1. The van der Waals surface area contributed by atoms with Gasteiger partial charge in [-0.15, -0.1) is 11.3 Å². The molecule has 3 unspecified atom stereocenters. The molecule has 2 aromatic carbocycles. The van der Waals surface area contributed by atoms with Gasteiger partial charge in [0.25, 0.3) is 5.91 Å². The van der Waals surface area contributed by atoms with Gasteiger partial charge in [0.1, 0.15) is 0 Å². The van der Waals surface area contributed by atoms with Crippen molar-refractivity contribution in [3.05, 3.63) is 81.5 Å². The quantitative estimate of drug-likeness (QED) is 0.457. The molecular weight excluding hydrogens is 484 g/mol. The van der Waals surface area contributed by atoms with Crippen LogP contribution in [-0.2, 0) is 16.0 Å². The number of nitrogens with two attached hydrogens (primary N) is 1. The highest BCUT2D eigenvalue weighted by atomic mass is 32.1. The third-order valence-corrected chi connectivity index (χ3v) is 8.13. The number of carbonyl (C=O) groups excluding carboxylic acids is 3. The van der Waals surface area contributed by atoms with E-state index in [1.165, 1.54) is 11.3 Å². The normalized spacial score (nSPS) is 21.5. The molecule has 2 heterocycles. The van der Waals surface area contributed by atoms with Gasteiger partial charge in [-0.25, -0.2) is 0 Å². The van der Waals surface area contributed by atoms with Gasteiger partial charge in [0.05, 0.1) is 30.3 Å². The molecule has 1 fully saturated rings. The summed E-state index contributed by atoms with van der Waals surface area (Å²) in [6, 6.07) is 16.4. The minimum Gasteiger partial charge on any atom is -0.348 e. The SMILES string of the molecule is Cc1ccc(C2CC(=O)Nc3cc(C(=O)NC4CCCCC4N)ccc3N2C(=O)Cc2cccs2)cc1. The molecule has 1 aromatic heterocycles. The number of nitrogens with one attached hydrogen (secondary N) is 2. The Morgan fingerprint density at radius 3 is 2.62 bits per heavy atom. The summed E-state index contributed by atoms with van der Waals surface area (Å²) in [7, 11) is 0. The van der Waals surface area contributed by atoms with Crippen molar-refractivity contribution < 1.29 is 14.4 Å². The van der Waals surface area contributed by atoms with Gasteiger partial charge in [0.15, 0.2) is 0 Å². The minimum atomic E-state index is -0.464. The Morgan fingerprint density at radius 1 is 1.11 bits per heavy atom. The van der Waals surface area contributed by atoms with Crippen molar-refractivity contribution >= 4 is 40.4 Å². The van der Waals surface area contributed by atoms with Crippen LogP contribution in [0.5, 0.6) is 0 Å². The first kappa shape index (κ1) is 25.2. The Labute approximate surface area is 221 Å². The zero-order chi connectivity index (χ0) is 25.9. The number of benzene rings is 2. The van der Waals surface area contributed by atoms with Gasteiger partial charge in [-0.2, -0.15) is 0 Å². The fraction of sp³-hybridized carbons (Fsp3) is 0.345. The summed E-state index contributed by atoms with van der Waals surface area (Å²) in [5.74, 6) is -0.531. The molecule has 5 rings (SSSR count). The highest BCUT2D eigenvalue weighted by molar-refractivity contribution is 7.10. The largest absolute Gasteiger partial charge is 0.348 e. The maximum absolute atomic E-state index is 13.8. The molecule has 3 aromatic rings. The molecule has 3 amide bonds. The molecule has 192 valence electrons. The third-order valence-electron chi connectivity index (χ3n) is 7.26. The number of aryl methyl sites for hydroxylation is 1. The smallest absolute Gasteiger partial charge is 0.251 e. The van der Waals surface area contributed by atoms with Crippen LogP contribution in [0.1, 0.15) is 64.5 Å². The second-order valence-corrected chi connectivity index (χ2v) is 11.0. The van der Waals surface area contributed by atoms with Crippen LogP contribution in [0, 0.1) is 6.92 Å². The molecule has 2 aliphatic rings. The first-order chi connectivity index (χ1) is 17.9. The molecule has 7 nitrogen and oxygen atoms in total. The van der Waals surface area contributed by atoms with Gasteiger partial charge in [-0.1, -0.05) is 48.7 Å². The molecule has 8 heteroatoms. The number of hydrogen-bond donors (Lipinski definition) is 3. The highest BCUT2D eigenvalue weighted by Gasteiger charge is 2.34. The van der Waals surface area contributed by atoms with E-state index in [0.29, 0.717) is 16.9 Å². The number of rotatable bonds is 5. The molecule has 37 heavy (non-hydrogen) atoms. The minimum absolute atomic E-state index is 0.0566. The van der Waals surface area contributed by atoms with Crippen molar-refractivity contribution in [1.29, 1.82) is 0 Å². The Bertz CT molecular complexity index is 1290. The molecule has 1 aliphatic carbocycles. The van der Waals surface area contributed by atoms with Gasteiger partial charge in [-0.3, -0.25) is 14.4 Å². The van der Waals surface area contributed by atoms with Crippen molar-refractivity contribution in [1.82, 2.24) is 5.32 Å². The lowest BCUT2D eigenvalue weighted by Gasteiger charge is -2.31. The van der Waals surface area contributed by atoms with Crippen LogP contribution in [0.25, 0.3) is 0 Å². The van der Waals surface area contributed by atoms with Crippen molar-refractivity contribution in [2.24, 2.45) is 5.73 Å². The predicted octanol–water partition coefficient (Wildman–Crippen LogP) is 4.72. The maximum Gasteiger partial charge on any atom is 0.251 e. The molecule has 4 N–H and O–H groups in total. The predicted molar refractivity (Wildman–Crippen MR) is 147 cm³/mol. The van der Waals surface area contributed by atoms with E-state index in [2.05, 4.69) is 10.6 Å². The van der Waals surface area contributed by atoms with E-state index in [4.69, 9.17) is 5.73 Å². The first-order valence-corrected chi connectivity index (χ1v) is 13.7. The topological polar surface area (TPSA) is 105 Å². The van der Waals surface area contributed by atoms with Crippen LogP contribution < -0.4 is 21.3 Å². The molecule has 0 spiro atoms. The Kier molecular flexibility index (Phi) is 7.39. The second-order valence-electron chi connectivity index (χ2n) is 9.96. The average Bonchev–Trinajstić information content (AvgIpc) is 3.34. The van der Waals surface area contributed by atoms with Crippen molar-refractivity contribution in [2.75, 3.05) is 10.2 Å². The fourth-order valence-corrected chi connectivity index (χ4v) is 5.92. The number of amides is 3. The zero-order valence-electron chi connectivity index (χ0n) is 20.9. The molecule has 1 aliphatic heterocycles. The monoisotopic (exact) mass is 516 g/mol. The van der Waals surface area contributed by atoms with E-state index in [1.807, 2.05) is 48.7 Å². The summed E-state index contributed by atoms with van der Waals surface area (Å²) in [5, 5.41) is 7.97. The molecule has 0 radical (unpaired) electrons. The van der Waals surface area contributed by atoms with E-state index in [1.54, 1.807) is 23.1 Å². The van der Waals surface area contributed by atoms with E-state index in [0.717, 1.165) is 41.7 Å². The summed E-state index contributed by atoms with van der Waals surface area (Å²) in [6.45, 7) is 2.01. The lowest BCUT2D eigenvalue weighted by atomic mass is 9.91. The van der Waals surface area contributed by atoms with E-state index in [-0.39, 0.29) is 42.6 Å². The van der Waals surface area contributed by atoms with Crippen LogP contribution in [-0.4, -0.2) is 29.8 Å². The molecule has 0 bridgehead atoms. The van der Waals surface area contributed by atoms with Gasteiger partial charge in [0, 0.05) is 22.5 Å². The molecule has 1 saturated carbocycles. The van der Waals surface area contributed by atoms with Crippen molar-refractivity contribution in [3.8, 4) is 0 Å².